The van der Waals surface area contributed by atoms with Gasteiger partial charge in [0.05, 0.1) is 4.92 Å². The van der Waals surface area contributed by atoms with Crippen LogP contribution in [0, 0.1) is 10.1 Å². The zero-order valence-corrected chi connectivity index (χ0v) is 24.0. The van der Waals surface area contributed by atoms with Crippen LogP contribution in [0.4, 0.5) is 30.2 Å². The standard InChI is InChI=1S/C30H40F3N5O3.CH4/c1-29(2,3)22-5-8-25(9-6-22)36-15-4-14-35(19-20-36)16-13-28(39)37-17-11-23(12-18-37)34-24-7-10-27(38(40)41)26(21-24)30(31,32)33;/h5-10,21,23,34H,4,11-20H2,1-3H3;1H4. The van der Waals surface area contributed by atoms with Crippen LogP contribution in [0.2, 0.25) is 0 Å². The molecule has 0 unspecified atom stereocenters. The van der Waals surface area contributed by atoms with Gasteiger partial charge < -0.3 is 20.0 Å². The van der Waals surface area contributed by atoms with Crippen molar-refractivity contribution in [3.05, 3.63) is 63.7 Å². The van der Waals surface area contributed by atoms with Crippen LogP contribution in [-0.2, 0) is 16.4 Å². The number of rotatable bonds is 7. The van der Waals surface area contributed by atoms with Crippen molar-refractivity contribution < 1.29 is 22.9 Å². The first-order chi connectivity index (χ1) is 19.3. The van der Waals surface area contributed by atoms with Crippen molar-refractivity contribution in [3.63, 3.8) is 0 Å². The summed E-state index contributed by atoms with van der Waals surface area (Å²) in [5.74, 6) is 0.0945. The topological polar surface area (TPSA) is 82.0 Å². The Morgan fingerprint density at radius 3 is 2.24 bits per heavy atom. The molecule has 0 spiro atoms. The number of halogens is 3. The van der Waals surface area contributed by atoms with Crippen molar-refractivity contribution in [2.75, 3.05) is 56.0 Å². The largest absolute Gasteiger partial charge is 0.423 e. The number of anilines is 2. The Hall–Kier alpha value is -3.34. The maximum atomic E-state index is 13.3. The Bertz CT molecular complexity index is 1210. The lowest BCUT2D eigenvalue weighted by Crippen LogP contribution is -2.43. The minimum atomic E-state index is -4.82. The van der Waals surface area contributed by atoms with Crippen LogP contribution in [0.1, 0.15) is 65.0 Å². The number of carbonyl (C=O) groups is 1. The molecular formula is C31H44F3N5O3. The molecule has 42 heavy (non-hydrogen) atoms. The number of benzene rings is 2. The molecule has 2 fully saturated rings. The van der Waals surface area contributed by atoms with Crippen molar-refractivity contribution in [1.29, 1.82) is 0 Å². The highest BCUT2D eigenvalue weighted by molar-refractivity contribution is 5.76. The first kappa shape index (κ1) is 33.2. The van der Waals surface area contributed by atoms with E-state index in [-0.39, 0.29) is 30.5 Å². The number of nitro benzene ring substituents is 1. The van der Waals surface area contributed by atoms with E-state index in [0.717, 1.165) is 44.7 Å². The lowest BCUT2D eigenvalue weighted by atomic mass is 9.87. The Morgan fingerprint density at radius 1 is 0.976 bits per heavy atom. The van der Waals surface area contributed by atoms with Crippen LogP contribution < -0.4 is 10.2 Å². The van der Waals surface area contributed by atoms with Crippen molar-refractivity contribution in [3.8, 4) is 0 Å². The van der Waals surface area contributed by atoms with Gasteiger partial charge in [-0.2, -0.15) is 13.2 Å². The summed E-state index contributed by atoms with van der Waals surface area (Å²) in [6, 6.07) is 11.7. The molecule has 0 bridgehead atoms. The summed E-state index contributed by atoms with van der Waals surface area (Å²) >= 11 is 0. The van der Waals surface area contributed by atoms with E-state index in [9.17, 15) is 28.1 Å². The lowest BCUT2D eigenvalue weighted by molar-refractivity contribution is -0.388. The molecule has 0 aromatic heterocycles. The molecule has 0 aliphatic carbocycles. The smallest absolute Gasteiger partial charge is 0.382 e. The van der Waals surface area contributed by atoms with Crippen LogP contribution in [0.5, 0.6) is 0 Å². The third-order valence-electron chi connectivity index (χ3n) is 8.05. The SMILES string of the molecule is C.CC(C)(C)c1ccc(N2CCCN(CCC(=O)N3CCC(Nc4ccc([N+](=O)[O-])c(C(F)(F)F)c4)CC3)CC2)cc1. The molecule has 2 heterocycles. The number of piperidine rings is 1. The highest BCUT2D eigenvalue weighted by Crippen LogP contribution is 2.38. The van der Waals surface area contributed by atoms with Gasteiger partial charge >= 0.3 is 6.18 Å². The fraction of sp³-hybridized carbons (Fsp3) is 0.581. The summed E-state index contributed by atoms with van der Waals surface area (Å²) in [4.78, 5) is 29.5. The van der Waals surface area contributed by atoms with Gasteiger partial charge in [0, 0.05) is 69.2 Å². The summed E-state index contributed by atoms with van der Waals surface area (Å²) in [6.45, 7) is 12.1. The number of amides is 1. The first-order valence-electron chi connectivity index (χ1n) is 14.3. The lowest BCUT2D eigenvalue weighted by Gasteiger charge is -2.33. The van der Waals surface area contributed by atoms with E-state index in [0.29, 0.717) is 38.9 Å². The van der Waals surface area contributed by atoms with Gasteiger partial charge in [-0.25, -0.2) is 0 Å². The summed E-state index contributed by atoms with van der Waals surface area (Å²) in [5.41, 5.74) is 0.632. The van der Waals surface area contributed by atoms with Crippen molar-refractivity contribution in [1.82, 2.24) is 9.80 Å². The summed E-state index contributed by atoms with van der Waals surface area (Å²) in [5, 5.41) is 14.1. The third kappa shape index (κ3) is 8.59. The van der Waals surface area contributed by atoms with E-state index in [1.807, 2.05) is 4.90 Å². The molecule has 4 rings (SSSR count). The fourth-order valence-electron chi connectivity index (χ4n) is 5.56. The Kier molecular flexibility index (Phi) is 10.9. The number of likely N-dealkylation sites (tertiary alicyclic amines) is 1. The molecule has 2 saturated heterocycles. The average molecular weight is 592 g/mol. The van der Waals surface area contributed by atoms with Gasteiger partial charge in [0.2, 0.25) is 5.91 Å². The van der Waals surface area contributed by atoms with Crippen LogP contribution in [-0.4, -0.2) is 72.5 Å². The molecule has 232 valence electrons. The number of nitrogens with zero attached hydrogens (tertiary/aromatic N) is 4. The van der Waals surface area contributed by atoms with Gasteiger partial charge in [0.1, 0.15) is 5.56 Å². The molecular weight excluding hydrogens is 547 g/mol. The summed E-state index contributed by atoms with van der Waals surface area (Å²) < 4.78 is 39.9. The highest BCUT2D eigenvalue weighted by atomic mass is 19.4. The molecule has 1 N–H and O–H groups in total. The second-order valence-electron chi connectivity index (χ2n) is 12.0. The van der Waals surface area contributed by atoms with Crippen molar-refractivity contribution >= 4 is 23.0 Å². The maximum absolute atomic E-state index is 13.3. The molecule has 0 atom stereocenters. The quantitative estimate of drug-likeness (QED) is 0.290. The molecule has 2 aromatic carbocycles. The number of hydrogen-bond donors (Lipinski definition) is 1. The van der Waals surface area contributed by atoms with Gasteiger partial charge in [-0.05, 0) is 61.1 Å². The van der Waals surface area contributed by atoms with Gasteiger partial charge in [-0.3, -0.25) is 14.9 Å². The predicted molar refractivity (Wildman–Crippen MR) is 161 cm³/mol. The Morgan fingerprint density at radius 2 is 1.64 bits per heavy atom. The molecule has 8 nitrogen and oxygen atoms in total. The second-order valence-corrected chi connectivity index (χ2v) is 12.0. The Labute approximate surface area is 247 Å². The Balaban J connectivity index is 0.00000484. The van der Waals surface area contributed by atoms with E-state index >= 15 is 0 Å². The van der Waals surface area contributed by atoms with Gasteiger partial charge in [0.25, 0.3) is 5.69 Å². The summed E-state index contributed by atoms with van der Waals surface area (Å²) in [6.07, 6.45) is -2.16. The molecule has 0 saturated carbocycles. The molecule has 2 aliphatic rings. The molecule has 11 heteroatoms. The molecule has 1 amide bonds. The number of nitrogens with one attached hydrogen (secondary N) is 1. The van der Waals surface area contributed by atoms with Gasteiger partial charge in [-0.1, -0.05) is 40.3 Å². The monoisotopic (exact) mass is 591 g/mol. The minimum absolute atomic E-state index is 0. The van der Waals surface area contributed by atoms with Gasteiger partial charge in [-0.15, -0.1) is 0 Å². The van der Waals surface area contributed by atoms with Crippen LogP contribution in [0.15, 0.2) is 42.5 Å². The number of carbonyl (C=O) groups excluding carboxylic acids is 1. The normalized spacial score (nSPS) is 17.4. The first-order valence-corrected chi connectivity index (χ1v) is 14.3. The zero-order chi connectivity index (χ0) is 29.8. The molecule has 2 aliphatic heterocycles. The predicted octanol–water partition coefficient (Wildman–Crippen LogP) is 6.55. The summed E-state index contributed by atoms with van der Waals surface area (Å²) in [7, 11) is 0. The van der Waals surface area contributed by atoms with Crippen LogP contribution >= 0.6 is 0 Å². The van der Waals surface area contributed by atoms with E-state index in [2.05, 4.69) is 60.2 Å². The highest BCUT2D eigenvalue weighted by Gasteiger charge is 2.38. The van der Waals surface area contributed by atoms with E-state index in [1.54, 1.807) is 0 Å². The fourth-order valence-corrected chi connectivity index (χ4v) is 5.56. The van der Waals surface area contributed by atoms with E-state index < -0.39 is 22.4 Å². The van der Waals surface area contributed by atoms with Gasteiger partial charge in [0.15, 0.2) is 0 Å². The zero-order valence-electron chi connectivity index (χ0n) is 24.0. The average Bonchev–Trinajstić information content (AvgIpc) is 3.17. The van der Waals surface area contributed by atoms with E-state index in [1.165, 1.54) is 17.3 Å². The third-order valence-corrected chi connectivity index (χ3v) is 8.05. The molecule has 2 aromatic rings. The number of nitro groups is 1. The van der Waals surface area contributed by atoms with Crippen molar-refractivity contribution in [2.45, 2.75) is 71.5 Å². The van der Waals surface area contributed by atoms with Crippen LogP contribution in [0.3, 0.4) is 0 Å². The van der Waals surface area contributed by atoms with E-state index in [4.69, 9.17) is 0 Å². The second kappa shape index (κ2) is 13.8. The molecule has 0 radical (unpaired) electrons. The minimum Gasteiger partial charge on any atom is -0.382 e. The van der Waals surface area contributed by atoms with Crippen LogP contribution in [0.25, 0.3) is 0 Å². The number of alkyl halides is 3. The maximum Gasteiger partial charge on any atom is 0.423 e. The van der Waals surface area contributed by atoms with Crippen molar-refractivity contribution in [2.24, 2.45) is 0 Å². The number of hydrogen-bond acceptors (Lipinski definition) is 6.